The van der Waals surface area contributed by atoms with Crippen LogP contribution in [0, 0.1) is 12.7 Å². The normalized spacial score (nSPS) is 12.1. The third-order valence-electron chi connectivity index (χ3n) is 3.08. The minimum Gasteiger partial charge on any atom is -0.298 e. The monoisotopic (exact) mass is 304 g/mol. The van der Waals surface area contributed by atoms with E-state index in [1.807, 2.05) is 31.2 Å². The van der Waals surface area contributed by atoms with Crippen molar-refractivity contribution < 1.29 is 13.4 Å². The predicted molar refractivity (Wildman–Crippen MR) is 83.0 cm³/mol. The highest BCUT2D eigenvalue weighted by Crippen LogP contribution is 2.10. The van der Waals surface area contributed by atoms with Crippen LogP contribution >= 0.6 is 0 Å². The summed E-state index contributed by atoms with van der Waals surface area (Å²) < 4.78 is 25.5. The van der Waals surface area contributed by atoms with Crippen LogP contribution in [0.25, 0.3) is 0 Å². The molecule has 0 aromatic heterocycles. The maximum Gasteiger partial charge on any atom is 0.149 e. The van der Waals surface area contributed by atoms with Crippen LogP contribution in [0.4, 0.5) is 4.39 Å². The number of ketones is 1. The highest BCUT2D eigenvalue weighted by molar-refractivity contribution is 7.84. The number of rotatable bonds is 6. The standard InChI is InChI=1S/C17H17FO2S/c1-13-5-4-6-14(9-13)11-21(20)12-16(19)10-15-7-2-3-8-17(15)18/h2-9H,10-12H2,1H3. The Morgan fingerprint density at radius 3 is 2.62 bits per heavy atom. The lowest BCUT2D eigenvalue weighted by Gasteiger charge is -2.04. The van der Waals surface area contributed by atoms with Gasteiger partial charge in [0.05, 0.1) is 5.75 Å². The van der Waals surface area contributed by atoms with E-state index < -0.39 is 16.6 Å². The second-order valence-corrected chi connectivity index (χ2v) is 6.48. The molecule has 0 amide bonds. The van der Waals surface area contributed by atoms with Crippen LogP contribution < -0.4 is 0 Å². The molecule has 1 atom stereocenters. The first kappa shape index (κ1) is 15.6. The molecule has 2 rings (SSSR count). The maximum absolute atomic E-state index is 13.5. The van der Waals surface area contributed by atoms with Crippen LogP contribution in [0.5, 0.6) is 0 Å². The van der Waals surface area contributed by atoms with Crippen molar-refractivity contribution in [2.24, 2.45) is 0 Å². The number of aryl methyl sites for hydroxylation is 1. The summed E-state index contributed by atoms with van der Waals surface area (Å²) in [6, 6.07) is 13.9. The first-order chi connectivity index (χ1) is 10.0. The highest BCUT2D eigenvalue weighted by atomic mass is 32.2. The van der Waals surface area contributed by atoms with Crippen molar-refractivity contribution >= 4 is 16.6 Å². The zero-order valence-electron chi connectivity index (χ0n) is 11.8. The second kappa shape index (κ2) is 7.27. The first-order valence-corrected chi connectivity index (χ1v) is 8.19. The molecule has 0 aliphatic heterocycles. The van der Waals surface area contributed by atoms with E-state index in [-0.39, 0.29) is 18.0 Å². The number of halogens is 1. The Morgan fingerprint density at radius 1 is 1.14 bits per heavy atom. The minimum absolute atomic E-state index is 0.00771. The van der Waals surface area contributed by atoms with Crippen LogP contribution in [0.1, 0.15) is 16.7 Å². The van der Waals surface area contributed by atoms with Gasteiger partial charge in [-0.2, -0.15) is 0 Å². The van der Waals surface area contributed by atoms with Crippen LogP contribution in [0.15, 0.2) is 48.5 Å². The molecule has 0 saturated carbocycles. The molecule has 1 unspecified atom stereocenters. The van der Waals surface area contributed by atoms with E-state index in [1.165, 1.54) is 6.07 Å². The second-order valence-electron chi connectivity index (χ2n) is 5.02. The van der Waals surface area contributed by atoms with E-state index in [9.17, 15) is 13.4 Å². The number of hydrogen-bond acceptors (Lipinski definition) is 2. The van der Waals surface area contributed by atoms with E-state index in [0.29, 0.717) is 11.3 Å². The molecule has 2 aromatic rings. The Hall–Kier alpha value is -1.81. The van der Waals surface area contributed by atoms with Crippen LogP contribution in [-0.2, 0) is 27.8 Å². The van der Waals surface area contributed by atoms with Crippen molar-refractivity contribution in [3.8, 4) is 0 Å². The van der Waals surface area contributed by atoms with E-state index in [4.69, 9.17) is 0 Å². The van der Waals surface area contributed by atoms with Gasteiger partial charge in [0.1, 0.15) is 11.6 Å². The largest absolute Gasteiger partial charge is 0.298 e. The van der Waals surface area contributed by atoms with Crippen LogP contribution in [0.2, 0.25) is 0 Å². The molecule has 4 heteroatoms. The number of hydrogen-bond donors (Lipinski definition) is 0. The summed E-state index contributed by atoms with van der Waals surface area (Å²) in [4.78, 5) is 11.9. The molecule has 0 bridgehead atoms. The van der Waals surface area contributed by atoms with Crippen molar-refractivity contribution in [2.45, 2.75) is 19.1 Å². The van der Waals surface area contributed by atoms with Crippen molar-refractivity contribution in [2.75, 3.05) is 5.75 Å². The molecular formula is C17H17FO2S. The zero-order chi connectivity index (χ0) is 15.2. The Balaban J connectivity index is 1.91. The van der Waals surface area contributed by atoms with Crippen LogP contribution in [-0.4, -0.2) is 15.7 Å². The summed E-state index contributed by atoms with van der Waals surface area (Å²) >= 11 is 0. The van der Waals surface area contributed by atoms with E-state index in [1.54, 1.807) is 18.2 Å². The third kappa shape index (κ3) is 4.90. The lowest BCUT2D eigenvalue weighted by atomic mass is 10.1. The van der Waals surface area contributed by atoms with Crippen molar-refractivity contribution in [1.29, 1.82) is 0 Å². The average molecular weight is 304 g/mol. The van der Waals surface area contributed by atoms with E-state index >= 15 is 0 Å². The highest BCUT2D eigenvalue weighted by Gasteiger charge is 2.12. The summed E-state index contributed by atoms with van der Waals surface area (Å²) in [6.45, 7) is 1.97. The summed E-state index contributed by atoms with van der Waals surface area (Å²) in [7, 11) is -1.26. The smallest absolute Gasteiger partial charge is 0.149 e. The molecule has 0 heterocycles. The Morgan fingerprint density at radius 2 is 1.90 bits per heavy atom. The van der Waals surface area contributed by atoms with E-state index in [2.05, 4.69) is 0 Å². The summed E-state index contributed by atoms with van der Waals surface area (Å²) in [6.07, 6.45) is -0.00771. The van der Waals surface area contributed by atoms with Gasteiger partial charge >= 0.3 is 0 Å². The molecule has 21 heavy (non-hydrogen) atoms. The Labute approximate surface area is 126 Å². The number of Topliss-reactive ketones (excluding diaryl/α,β-unsaturated/α-hetero) is 1. The molecule has 0 aliphatic rings. The fraction of sp³-hybridized carbons (Fsp3) is 0.235. The summed E-state index contributed by atoms with van der Waals surface area (Å²) in [5.41, 5.74) is 2.41. The maximum atomic E-state index is 13.5. The molecule has 2 aromatic carbocycles. The number of benzene rings is 2. The molecule has 2 nitrogen and oxygen atoms in total. The van der Waals surface area contributed by atoms with Gasteiger partial charge in [0.25, 0.3) is 0 Å². The topological polar surface area (TPSA) is 34.1 Å². The number of carbonyl (C=O) groups excluding carboxylic acids is 1. The van der Waals surface area contributed by atoms with Gasteiger partial charge in [-0.3, -0.25) is 9.00 Å². The predicted octanol–water partition coefficient (Wildman–Crippen LogP) is 3.19. The van der Waals surface area contributed by atoms with Crippen LogP contribution in [0.3, 0.4) is 0 Å². The third-order valence-corrected chi connectivity index (χ3v) is 4.38. The molecule has 0 radical (unpaired) electrons. The van der Waals surface area contributed by atoms with Gasteiger partial charge in [0, 0.05) is 23.0 Å². The van der Waals surface area contributed by atoms with Crippen molar-refractivity contribution in [3.05, 3.63) is 71.0 Å². The van der Waals surface area contributed by atoms with E-state index in [0.717, 1.165) is 11.1 Å². The van der Waals surface area contributed by atoms with Gasteiger partial charge in [0.15, 0.2) is 0 Å². The molecule has 0 saturated heterocycles. The number of carbonyl (C=O) groups is 1. The quantitative estimate of drug-likeness (QED) is 0.821. The molecular weight excluding hydrogens is 287 g/mol. The van der Waals surface area contributed by atoms with Crippen molar-refractivity contribution in [1.82, 2.24) is 0 Å². The molecule has 0 N–H and O–H groups in total. The lowest BCUT2D eigenvalue weighted by molar-refractivity contribution is -0.116. The Bertz CT molecular complexity index is 667. The molecule has 0 spiro atoms. The Kier molecular flexibility index (Phi) is 5.39. The summed E-state index contributed by atoms with van der Waals surface area (Å²) in [5, 5.41) is 0. The molecule has 110 valence electrons. The minimum atomic E-state index is -1.26. The fourth-order valence-corrected chi connectivity index (χ4v) is 3.24. The average Bonchev–Trinajstić information content (AvgIpc) is 2.41. The van der Waals surface area contributed by atoms with Gasteiger partial charge < -0.3 is 0 Å². The zero-order valence-corrected chi connectivity index (χ0v) is 12.7. The lowest BCUT2D eigenvalue weighted by Crippen LogP contribution is -2.15. The van der Waals surface area contributed by atoms with Crippen molar-refractivity contribution in [3.63, 3.8) is 0 Å². The van der Waals surface area contributed by atoms with Gasteiger partial charge in [-0.1, -0.05) is 48.0 Å². The molecule has 0 fully saturated rings. The van der Waals surface area contributed by atoms with Gasteiger partial charge in [-0.05, 0) is 24.1 Å². The molecule has 0 aliphatic carbocycles. The first-order valence-electron chi connectivity index (χ1n) is 6.70. The fourth-order valence-electron chi connectivity index (χ4n) is 2.12. The SMILES string of the molecule is Cc1cccc(CS(=O)CC(=O)Cc2ccccc2F)c1. The van der Waals surface area contributed by atoms with Gasteiger partial charge in [0.2, 0.25) is 0 Å². The van der Waals surface area contributed by atoms with Gasteiger partial charge in [-0.25, -0.2) is 4.39 Å². The summed E-state index contributed by atoms with van der Waals surface area (Å²) in [5.74, 6) is -0.283. The van der Waals surface area contributed by atoms with Gasteiger partial charge in [-0.15, -0.1) is 0 Å².